The summed E-state index contributed by atoms with van der Waals surface area (Å²) in [4.78, 5) is 29.3. The highest BCUT2D eigenvalue weighted by Crippen LogP contribution is 2.16. The number of aliphatic hydroxyl groups is 2. The van der Waals surface area contributed by atoms with Gasteiger partial charge in [-0.15, -0.1) is 0 Å². The van der Waals surface area contributed by atoms with Gasteiger partial charge in [0.1, 0.15) is 18.0 Å². The first-order chi connectivity index (χ1) is 13.3. The van der Waals surface area contributed by atoms with Crippen LogP contribution in [0.4, 0.5) is 0 Å². The summed E-state index contributed by atoms with van der Waals surface area (Å²) >= 11 is 0. The van der Waals surface area contributed by atoms with Gasteiger partial charge >= 0.3 is 0 Å². The number of hydrogen-bond acceptors (Lipinski definition) is 5. The summed E-state index contributed by atoms with van der Waals surface area (Å²) in [5.74, 6) is -1.06. The molecule has 2 rings (SSSR count). The number of carbonyl (C=O) groups is 2. The molecule has 2 aromatic rings. The van der Waals surface area contributed by atoms with Crippen molar-refractivity contribution in [2.24, 2.45) is 5.92 Å². The molecule has 0 saturated heterocycles. The second kappa shape index (κ2) is 9.96. The van der Waals surface area contributed by atoms with E-state index in [2.05, 4.69) is 15.6 Å². The van der Waals surface area contributed by atoms with E-state index < -0.39 is 30.2 Å². The summed E-state index contributed by atoms with van der Waals surface area (Å²) in [6.45, 7) is 5.22. The van der Waals surface area contributed by atoms with Gasteiger partial charge in [0.15, 0.2) is 0 Å². The maximum absolute atomic E-state index is 12.6. The maximum Gasteiger partial charge on any atom is 0.270 e. The number of rotatable bonds is 8. The maximum atomic E-state index is 12.6. The second-order valence-electron chi connectivity index (χ2n) is 7.12. The minimum Gasteiger partial charge on any atom is -0.391 e. The molecule has 1 aromatic heterocycles. The van der Waals surface area contributed by atoms with Gasteiger partial charge < -0.3 is 20.8 Å². The fraction of sp³-hybridized carbons (Fsp3) is 0.381. The quantitative estimate of drug-likeness (QED) is 0.517. The Labute approximate surface area is 164 Å². The number of nitrogens with one attached hydrogen (secondary N) is 2. The summed E-state index contributed by atoms with van der Waals surface area (Å²) in [5.41, 5.74) is 1.61. The topological polar surface area (TPSA) is 112 Å². The average Bonchev–Trinajstić information content (AvgIpc) is 2.65. The predicted molar refractivity (Wildman–Crippen MR) is 106 cm³/mol. The molecule has 0 aliphatic carbocycles. The summed E-state index contributed by atoms with van der Waals surface area (Å²) in [7, 11) is 0. The van der Waals surface area contributed by atoms with Crippen molar-refractivity contribution in [3.05, 3.63) is 54.2 Å². The Kier molecular flexibility index (Phi) is 7.66. The molecule has 0 radical (unpaired) electrons. The molecule has 7 heteroatoms. The van der Waals surface area contributed by atoms with Crippen molar-refractivity contribution in [3.8, 4) is 11.3 Å². The van der Waals surface area contributed by atoms with Gasteiger partial charge in [-0.05, 0) is 31.4 Å². The van der Waals surface area contributed by atoms with Gasteiger partial charge in [0.05, 0.1) is 11.8 Å². The molecule has 4 N–H and O–H groups in total. The van der Waals surface area contributed by atoms with Crippen LogP contribution in [0.2, 0.25) is 0 Å². The number of pyridine rings is 1. The van der Waals surface area contributed by atoms with Crippen molar-refractivity contribution in [1.29, 1.82) is 0 Å². The van der Waals surface area contributed by atoms with E-state index in [9.17, 15) is 19.8 Å². The number of amides is 2. The molecule has 0 aliphatic heterocycles. The standard InChI is InChI=1S/C21H27N3O4/c1-13(2)12-18(26)23-21(28)19(14(3)25)24-20(27)17-11-7-10-16(22-17)15-8-5-4-6-9-15/h4-11,13-14,18-19,25-26H,12H2,1-3H3,(H,23,28)(H,24,27). The van der Waals surface area contributed by atoms with Crippen LogP contribution >= 0.6 is 0 Å². The van der Waals surface area contributed by atoms with Crippen LogP contribution in [0.25, 0.3) is 11.3 Å². The molecule has 3 unspecified atom stereocenters. The highest BCUT2D eigenvalue weighted by atomic mass is 16.3. The summed E-state index contributed by atoms with van der Waals surface area (Å²) in [5, 5.41) is 24.7. The van der Waals surface area contributed by atoms with Crippen molar-refractivity contribution in [2.45, 2.75) is 45.6 Å². The lowest BCUT2D eigenvalue weighted by molar-refractivity contribution is -0.128. The Morgan fingerprint density at radius 2 is 1.64 bits per heavy atom. The molecular weight excluding hydrogens is 358 g/mol. The first kappa shape index (κ1) is 21.5. The zero-order valence-corrected chi connectivity index (χ0v) is 16.3. The van der Waals surface area contributed by atoms with Gasteiger partial charge in [0.2, 0.25) is 5.91 Å². The molecule has 3 atom stereocenters. The largest absolute Gasteiger partial charge is 0.391 e. The van der Waals surface area contributed by atoms with E-state index in [-0.39, 0.29) is 11.6 Å². The summed E-state index contributed by atoms with van der Waals surface area (Å²) in [6, 6.07) is 13.2. The SMILES string of the molecule is CC(C)CC(O)NC(=O)C(NC(=O)c1cccc(-c2ccccc2)n1)C(C)O. The summed E-state index contributed by atoms with van der Waals surface area (Å²) in [6.07, 6.45) is -1.83. The number of hydrogen-bond donors (Lipinski definition) is 4. The van der Waals surface area contributed by atoms with E-state index in [4.69, 9.17) is 0 Å². The van der Waals surface area contributed by atoms with Crippen LogP contribution in [0.15, 0.2) is 48.5 Å². The second-order valence-corrected chi connectivity index (χ2v) is 7.12. The zero-order chi connectivity index (χ0) is 20.7. The van der Waals surface area contributed by atoms with E-state index in [0.717, 1.165) is 5.56 Å². The first-order valence-electron chi connectivity index (χ1n) is 9.27. The Morgan fingerprint density at radius 3 is 2.25 bits per heavy atom. The van der Waals surface area contributed by atoms with Crippen molar-refractivity contribution in [2.75, 3.05) is 0 Å². The number of nitrogens with zero attached hydrogens (tertiary/aromatic N) is 1. The number of aromatic nitrogens is 1. The van der Waals surface area contributed by atoms with Gasteiger partial charge in [-0.25, -0.2) is 4.98 Å². The van der Waals surface area contributed by atoms with Crippen LogP contribution < -0.4 is 10.6 Å². The van der Waals surface area contributed by atoms with E-state index in [0.29, 0.717) is 12.1 Å². The molecule has 7 nitrogen and oxygen atoms in total. The highest BCUT2D eigenvalue weighted by Gasteiger charge is 2.28. The smallest absolute Gasteiger partial charge is 0.270 e. The van der Waals surface area contributed by atoms with Crippen molar-refractivity contribution in [1.82, 2.24) is 15.6 Å². The Bertz CT molecular complexity index is 793. The zero-order valence-electron chi connectivity index (χ0n) is 16.3. The van der Waals surface area contributed by atoms with Crippen LogP contribution in [0.1, 0.15) is 37.7 Å². The van der Waals surface area contributed by atoms with Gasteiger partial charge in [0, 0.05) is 5.56 Å². The Hall–Kier alpha value is -2.77. The third kappa shape index (κ3) is 6.14. The molecule has 0 fully saturated rings. The molecule has 2 amide bonds. The van der Waals surface area contributed by atoms with Crippen LogP contribution in [0.3, 0.4) is 0 Å². The Balaban J connectivity index is 2.11. The van der Waals surface area contributed by atoms with Gasteiger partial charge in [-0.3, -0.25) is 9.59 Å². The molecule has 150 valence electrons. The molecule has 0 bridgehead atoms. The lowest BCUT2D eigenvalue weighted by atomic mass is 10.1. The van der Waals surface area contributed by atoms with E-state index >= 15 is 0 Å². The van der Waals surface area contributed by atoms with E-state index in [1.54, 1.807) is 12.1 Å². The molecule has 0 spiro atoms. The summed E-state index contributed by atoms with van der Waals surface area (Å²) < 4.78 is 0. The molecular formula is C21H27N3O4. The normalized spacial score (nSPS) is 14.2. The van der Waals surface area contributed by atoms with Gasteiger partial charge in [-0.1, -0.05) is 50.2 Å². The lowest BCUT2D eigenvalue weighted by Crippen LogP contribution is -2.54. The predicted octanol–water partition coefficient (Wildman–Crippen LogP) is 1.71. The highest BCUT2D eigenvalue weighted by molar-refractivity contribution is 5.96. The lowest BCUT2D eigenvalue weighted by Gasteiger charge is -2.23. The van der Waals surface area contributed by atoms with Crippen molar-refractivity contribution >= 4 is 11.8 Å². The van der Waals surface area contributed by atoms with E-state index in [1.165, 1.54) is 13.0 Å². The number of carbonyl (C=O) groups excluding carboxylic acids is 2. The van der Waals surface area contributed by atoms with E-state index in [1.807, 2.05) is 44.2 Å². The van der Waals surface area contributed by atoms with Crippen LogP contribution in [0.5, 0.6) is 0 Å². The third-order valence-electron chi connectivity index (χ3n) is 4.11. The van der Waals surface area contributed by atoms with Crippen LogP contribution in [-0.2, 0) is 4.79 Å². The van der Waals surface area contributed by atoms with Crippen molar-refractivity contribution in [3.63, 3.8) is 0 Å². The molecule has 0 saturated carbocycles. The molecule has 0 aliphatic rings. The third-order valence-corrected chi connectivity index (χ3v) is 4.11. The van der Waals surface area contributed by atoms with Crippen LogP contribution in [0, 0.1) is 5.92 Å². The molecule has 1 heterocycles. The van der Waals surface area contributed by atoms with Gasteiger partial charge in [0.25, 0.3) is 5.91 Å². The number of aliphatic hydroxyl groups excluding tert-OH is 2. The van der Waals surface area contributed by atoms with Crippen LogP contribution in [-0.4, -0.2) is 45.4 Å². The monoisotopic (exact) mass is 385 g/mol. The average molecular weight is 385 g/mol. The number of benzene rings is 1. The minimum absolute atomic E-state index is 0.127. The fourth-order valence-electron chi connectivity index (χ4n) is 2.71. The molecule has 28 heavy (non-hydrogen) atoms. The minimum atomic E-state index is -1.21. The van der Waals surface area contributed by atoms with Crippen molar-refractivity contribution < 1.29 is 19.8 Å². The van der Waals surface area contributed by atoms with Gasteiger partial charge in [-0.2, -0.15) is 0 Å². The fourth-order valence-corrected chi connectivity index (χ4v) is 2.71. The Morgan fingerprint density at radius 1 is 0.964 bits per heavy atom. The molecule has 1 aromatic carbocycles. The first-order valence-corrected chi connectivity index (χ1v) is 9.27.